The van der Waals surface area contributed by atoms with E-state index in [1.165, 1.54) is 6.33 Å². The van der Waals surface area contributed by atoms with Crippen LogP contribution in [0.4, 0.5) is 10.2 Å². The standard InChI is InChI=1S/C24H25BrFN5O3/c25-15-6-31(21-17(15)20(27)29-11-30-21)16-5-14(18(32)19(16)33)12-2-1-3-13(4-12)22(34)28-10-23-7-24(26,8-23)9-23/h1-4,6,11,14,16,18-19,32-33H,5,7-10H2,(H,28,34)(H2,27,29,30)/t14-,16-,18-,19+,23?,24?/m1/s1. The van der Waals surface area contributed by atoms with Crippen LogP contribution in [0.5, 0.6) is 0 Å². The molecule has 4 saturated carbocycles. The second-order valence-electron chi connectivity index (χ2n) is 10.2. The maximum Gasteiger partial charge on any atom is 0.251 e. The van der Waals surface area contributed by atoms with Crippen LogP contribution in [-0.2, 0) is 0 Å². The number of hydrogen-bond donors (Lipinski definition) is 4. The molecule has 8 nitrogen and oxygen atoms in total. The Hall–Kier alpha value is -2.56. The van der Waals surface area contributed by atoms with E-state index < -0.39 is 23.9 Å². The fraction of sp³-hybridized carbons (Fsp3) is 0.458. The van der Waals surface area contributed by atoms with E-state index in [9.17, 15) is 19.4 Å². The van der Waals surface area contributed by atoms with E-state index in [4.69, 9.17) is 5.73 Å². The van der Waals surface area contributed by atoms with Gasteiger partial charge in [0, 0.05) is 28.7 Å². The van der Waals surface area contributed by atoms with Crippen molar-refractivity contribution in [1.29, 1.82) is 0 Å². The molecule has 0 aliphatic heterocycles. The van der Waals surface area contributed by atoms with E-state index in [-0.39, 0.29) is 17.2 Å². The molecule has 7 rings (SSSR count). The first-order chi connectivity index (χ1) is 16.2. The van der Waals surface area contributed by atoms with Gasteiger partial charge in [-0.15, -0.1) is 0 Å². The van der Waals surface area contributed by atoms with Gasteiger partial charge in [0.05, 0.1) is 17.5 Å². The fourth-order valence-corrected chi connectivity index (χ4v) is 6.86. The zero-order valence-electron chi connectivity index (χ0n) is 18.3. The number of amides is 1. The maximum absolute atomic E-state index is 13.7. The lowest BCUT2D eigenvalue weighted by Gasteiger charge is -2.66. The van der Waals surface area contributed by atoms with E-state index in [1.807, 2.05) is 10.6 Å². The lowest BCUT2D eigenvalue weighted by Crippen LogP contribution is -2.67. The average molecular weight is 530 g/mol. The Morgan fingerprint density at radius 2 is 2.03 bits per heavy atom. The Bertz CT molecular complexity index is 1290. The normalized spacial score (nSPS) is 34.0. The van der Waals surface area contributed by atoms with Gasteiger partial charge < -0.3 is 25.8 Å². The van der Waals surface area contributed by atoms with Crippen LogP contribution >= 0.6 is 15.9 Å². The van der Waals surface area contributed by atoms with Crippen molar-refractivity contribution < 1.29 is 19.4 Å². The molecule has 2 aromatic heterocycles. The minimum atomic E-state index is -1.03. The summed E-state index contributed by atoms with van der Waals surface area (Å²) in [6.45, 7) is 0.481. The highest BCUT2D eigenvalue weighted by Crippen LogP contribution is 2.69. The second kappa shape index (κ2) is 7.47. The number of aliphatic hydroxyl groups excluding tert-OH is 2. The van der Waals surface area contributed by atoms with Gasteiger partial charge in [-0.25, -0.2) is 14.4 Å². The highest BCUT2D eigenvalue weighted by Gasteiger charge is 2.68. The SMILES string of the molecule is Nc1ncnc2c1c(Br)cn2[C@@H]1C[C@H](c2cccc(C(=O)NCC34CC(F)(C3)C4)c2)[C@@H](O)[C@H]1O. The zero-order chi connectivity index (χ0) is 23.8. The molecule has 0 radical (unpaired) electrons. The molecule has 5 N–H and O–H groups in total. The van der Waals surface area contributed by atoms with E-state index in [1.54, 1.807) is 24.4 Å². The Morgan fingerprint density at radius 3 is 2.76 bits per heavy atom. The Labute approximate surface area is 203 Å². The van der Waals surface area contributed by atoms with Gasteiger partial charge in [-0.1, -0.05) is 12.1 Å². The second-order valence-corrected chi connectivity index (χ2v) is 11.1. The number of carbonyl (C=O) groups excluding carboxylic acids is 1. The number of anilines is 1. The molecule has 0 unspecified atom stereocenters. The summed E-state index contributed by atoms with van der Waals surface area (Å²) in [5, 5.41) is 25.4. The van der Waals surface area contributed by atoms with Crippen molar-refractivity contribution in [3.63, 3.8) is 0 Å². The zero-order valence-corrected chi connectivity index (χ0v) is 19.9. The smallest absolute Gasteiger partial charge is 0.251 e. The lowest BCUT2D eigenvalue weighted by atomic mass is 9.42. The van der Waals surface area contributed by atoms with Crippen LogP contribution in [0.15, 0.2) is 41.3 Å². The molecule has 1 aromatic carbocycles. The van der Waals surface area contributed by atoms with Crippen molar-refractivity contribution in [1.82, 2.24) is 19.9 Å². The predicted octanol–water partition coefficient (Wildman–Crippen LogP) is 2.85. The largest absolute Gasteiger partial charge is 0.390 e. The summed E-state index contributed by atoms with van der Waals surface area (Å²) in [5.41, 5.74) is 6.79. The fourth-order valence-electron chi connectivity index (χ4n) is 6.26. The number of benzene rings is 1. The molecule has 0 spiro atoms. The molecule has 4 aliphatic carbocycles. The van der Waals surface area contributed by atoms with Gasteiger partial charge >= 0.3 is 0 Å². The van der Waals surface area contributed by atoms with Crippen LogP contribution < -0.4 is 11.1 Å². The van der Waals surface area contributed by atoms with Crippen LogP contribution in [0.1, 0.15) is 53.6 Å². The summed E-state index contributed by atoms with van der Waals surface area (Å²) in [6.07, 6.45) is 3.19. The first-order valence-corrected chi connectivity index (χ1v) is 12.2. The summed E-state index contributed by atoms with van der Waals surface area (Å²) < 4.78 is 16.3. The van der Waals surface area contributed by atoms with Crippen molar-refractivity contribution in [2.45, 2.75) is 55.5 Å². The third-order valence-corrected chi connectivity index (χ3v) is 8.48. The van der Waals surface area contributed by atoms with E-state index >= 15 is 0 Å². The molecule has 10 heteroatoms. The average Bonchev–Trinajstić information content (AvgIpc) is 3.27. The van der Waals surface area contributed by atoms with Gasteiger partial charge in [-0.05, 0) is 64.7 Å². The summed E-state index contributed by atoms with van der Waals surface area (Å²) in [6, 6.07) is 6.70. The molecular weight excluding hydrogens is 505 g/mol. The number of nitrogens with one attached hydrogen (secondary N) is 1. The Kier molecular flexibility index (Phi) is 4.82. The minimum Gasteiger partial charge on any atom is -0.390 e. The minimum absolute atomic E-state index is 0.0677. The Morgan fingerprint density at radius 1 is 1.26 bits per heavy atom. The van der Waals surface area contributed by atoms with Gasteiger partial charge in [0.2, 0.25) is 0 Å². The van der Waals surface area contributed by atoms with Gasteiger partial charge in [0.25, 0.3) is 5.91 Å². The number of nitrogens with two attached hydrogens (primary N) is 1. The van der Waals surface area contributed by atoms with E-state index in [2.05, 4.69) is 31.2 Å². The van der Waals surface area contributed by atoms with Crippen molar-refractivity contribution in [3.8, 4) is 0 Å². The number of aliphatic hydroxyl groups is 2. The van der Waals surface area contributed by atoms with Gasteiger partial charge in [-0.2, -0.15) is 0 Å². The summed E-state index contributed by atoms with van der Waals surface area (Å²) in [7, 11) is 0. The highest BCUT2D eigenvalue weighted by molar-refractivity contribution is 9.10. The molecule has 2 heterocycles. The summed E-state index contributed by atoms with van der Waals surface area (Å²) in [5.74, 6) is -0.247. The number of nitrogen functional groups attached to an aromatic ring is 1. The predicted molar refractivity (Wildman–Crippen MR) is 127 cm³/mol. The van der Waals surface area contributed by atoms with Crippen LogP contribution in [0.2, 0.25) is 0 Å². The number of fused-ring (bicyclic) bond motifs is 1. The van der Waals surface area contributed by atoms with E-state index in [0.717, 1.165) is 5.56 Å². The molecule has 178 valence electrons. The maximum atomic E-state index is 13.7. The number of carbonyl (C=O) groups is 1. The molecular formula is C24H25BrFN5O3. The van der Waals surface area contributed by atoms with Crippen LogP contribution in [-0.4, -0.2) is 55.1 Å². The van der Waals surface area contributed by atoms with Crippen molar-refractivity contribution in [2.75, 3.05) is 12.3 Å². The number of hydrogen-bond acceptors (Lipinski definition) is 6. The third kappa shape index (κ3) is 3.26. The van der Waals surface area contributed by atoms with Crippen LogP contribution in [0.25, 0.3) is 11.0 Å². The molecule has 3 aromatic rings. The van der Waals surface area contributed by atoms with Crippen molar-refractivity contribution >= 4 is 38.7 Å². The molecule has 34 heavy (non-hydrogen) atoms. The number of alkyl halides is 1. The monoisotopic (exact) mass is 529 g/mol. The van der Waals surface area contributed by atoms with Crippen molar-refractivity contribution in [3.05, 3.63) is 52.4 Å². The van der Waals surface area contributed by atoms with Gasteiger partial charge in [0.15, 0.2) is 0 Å². The lowest BCUT2D eigenvalue weighted by molar-refractivity contribution is -0.208. The highest BCUT2D eigenvalue weighted by atomic mass is 79.9. The number of nitrogens with zero attached hydrogens (tertiary/aromatic N) is 3. The number of rotatable bonds is 5. The first kappa shape index (κ1) is 21.9. The van der Waals surface area contributed by atoms with Gasteiger partial charge in [-0.3, -0.25) is 4.79 Å². The van der Waals surface area contributed by atoms with Crippen molar-refractivity contribution in [2.24, 2.45) is 5.41 Å². The van der Waals surface area contributed by atoms with Crippen LogP contribution in [0, 0.1) is 5.41 Å². The Balaban J connectivity index is 1.22. The molecule has 4 fully saturated rings. The topological polar surface area (TPSA) is 126 Å². The molecule has 4 aliphatic rings. The first-order valence-electron chi connectivity index (χ1n) is 11.4. The third-order valence-electron chi connectivity index (χ3n) is 7.88. The number of aromatic nitrogens is 3. The quantitative estimate of drug-likeness (QED) is 0.402. The molecule has 0 saturated heterocycles. The van der Waals surface area contributed by atoms with Gasteiger partial charge in [0.1, 0.15) is 29.6 Å². The number of halogens is 2. The summed E-state index contributed by atoms with van der Waals surface area (Å²) in [4.78, 5) is 21.1. The van der Waals surface area contributed by atoms with E-state index in [0.29, 0.717) is 59.1 Å². The molecule has 4 atom stereocenters. The summed E-state index contributed by atoms with van der Waals surface area (Å²) >= 11 is 3.49. The van der Waals surface area contributed by atoms with Crippen LogP contribution in [0.3, 0.4) is 0 Å². The molecule has 2 bridgehead atoms. The molecule has 1 amide bonds.